The van der Waals surface area contributed by atoms with Crippen LogP contribution in [-0.4, -0.2) is 104 Å². The molecule has 17 heteroatoms. The first kappa shape index (κ1) is 41.1. The summed E-state index contributed by atoms with van der Waals surface area (Å²) in [6.45, 7) is 3.77. The fourth-order valence-corrected chi connectivity index (χ4v) is 10.5. The summed E-state index contributed by atoms with van der Waals surface area (Å²) in [4.78, 5) is 67.8. The van der Waals surface area contributed by atoms with Gasteiger partial charge in [-0.05, 0) is 72.2 Å². The number of thiazole rings is 1. The van der Waals surface area contributed by atoms with Crippen LogP contribution in [0.4, 0.5) is 24.0 Å². The molecule has 3 aromatic carbocycles. The summed E-state index contributed by atoms with van der Waals surface area (Å²) in [5.74, 6) is -5.30. The zero-order valence-corrected chi connectivity index (χ0v) is 35.3. The van der Waals surface area contributed by atoms with Crippen molar-refractivity contribution in [1.82, 2.24) is 34.6 Å². The topological polar surface area (TPSA) is 136 Å². The van der Waals surface area contributed by atoms with Crippen molar-refractivity contribution in [3.8, 4) is 11.1 Å². The first-order valence-electron chi connectivity index (χ1n) is 21.5. The molecular formula is C46H46F3N9O4S. The van der Waals surface area contributed by atoms with Gasteiger partial charge in [-0.1, -0.05) is 36.4 Å². The molecule has 63 heavy (non-hydrogen) atoms. The van der Waals surface area contributed by atoms with Crippen molar-refractivity contribution in [3.63, 3.8) is 0 Å². The van der Waals surface area contributed by atoms with Crippen LogP contribution in [0.3, 0.4) is 0 Å². The molecule has 13 nitrogen and oxygen atoms in total. The highest BCUT2D eigenvalue weighted by Crippen LogP contribution is 2.39. The minimum absolute atomic E-state index is 0.106. The van der Waals surface area contributed by atoms with Gasteiger partial charge in [-0.3, -0.25) is 39.6 Å². The highest BCUT2D eigenvalue weighted by atomic mass is 32.1. The van der Waals surface area contributed by atoms with Crippen LogP contribution in [0, 0.1) is 5.82 Å². The fourth-order valence-electron chi connectivity index (χ4n) is 9.99. The number of rotatable bonds is 10. The number of alkyl halides is 2. The lowest BCUT2D eigenvalue weighted by molar-refractivity contribution is -0.134. The van der Waals surface area contributed by atoms with Gasteiger partial charge >= 0.3 is 0 Å². The highest BCUT2D eigenvalue weighted by molar-refractivity contribution is 7.13. The molecule has 3 saturated heterocycles. The van der Waals surface area contributed by atoms with Crippen LogP contribution in [-0.2, 0) is 40.4 Å². The number of amides is 4. The number of imidazole rings is 1. The molecule has 0 saturated carbocycles. The number of hydrogen-bond donors (Lipinski definition) is 2. The zero-order chi connectivity index (χ0) is 43.4. The molecule has 0 radical (unpaired) electrons. The van der Waals surface area contributed by atoms with Crippen LogP contribution >= 0.6 is 11.3 Å². The number of carbonyl (C=O) groups excluding carboxylic acids is 4. The number of hydrogen-bond acceptors (Lipinski definition) is 10. The van der Waals surface area contributed by atoms with E-state index in [4.69, 9.17) is 0 Å². The van der Waals surface area contributed by atoms with Gasteiger partial charge in [-0.25, -0.2) is 23.1 Å². The predicted octanol–water partition coefficient (Wildman–Crippen LogP) is 5.98. The first-order valence-corrected chi connectivity index (χ1v) is 22.4. The number of aryl methyl sites for hydroxylation is 1. The van der Waals surface area contributed by atoms with Crippen LogP contribution in [0.1, 0.15) is 76.1 Å². The van der Waals surface area contributed by atoms with Crippen molar-refractivity contribution in [1.29, 1.82) is 0 Å². The second kappa shape index (κ2) is 16.7. The van der Waals surface area contributed by atoms with Crippen LogP contribution in [0.2, 0.25) is 0 Å². The fraction of sp³-hybridized carbons (Fsp3) is 0.391. The zero-order valence-electron chi connectivity index (χ0n) is 34.4. The van der Waals surface area contributed by atoms with Gasteiger partial charge in [0.2, 0.25) is 11.8 Å². The van der Waals surface area contributed by atoms with Crippen molar-refractivity contribution in [3.05, 3.63) is 118 Å². The summed E-state index contributed by atoms with van der Waals surface area (Å²) < 4.78 is 49.9. The lowest BCUT2D eigenvalue weighted by Crippen LogP contribution is -2.61. The van der Waals surface area contributed by atoms with Crippen LogP contribution < -0.4 is 15.5 Å². The molecule has 4 amide bonds. The first-order chi connectivity index (χ1) is 30.5. The molecule has 3 atom stereocenters. The molecule has 3 fully saturated rings. The average molecular weight is 878 g/mol. The Balaban J connectivity index is 0.768. The quantitative estimate of drug-likeness (QED) is 0.163. The van der Waals surface area contributed by atoms with Crippen molar-refractivity contribution < 1.29 is 32.3 Å². The molecular weight excluding hydrogens is 832 g/mol. The van der Waals surface area contributed by atoms with E-state index < -0.39 is 42.2 Å². The maximum Gasteiger partial charge on any atom is 0.280 e. The highest BCUT2D eigenvalue weighted by Gasteiger charge is 2.48. The van der Waals surface area contributed by atoms with Crippen LogP contribution in [0.25, 0.3) is 11.1 Å². The summed E-state index contributed by atoms with van der Waals surface area (Å²) in [6, 6.07) is 16.0. The molecule has 5 aromatic rings. The number of nitrogens with one attached hydrogen (secondary N) is 2. The third kappa shape index (κ3) is 8.01. The van der Waals surface area contributed by atoms with Crippen molar-refractivity contribution in [2.24, 2.45) is 0 Å². The molecule has 7 heterocycles. The van der Waals surface area contributed by atoms with E-state index in [1.165, 1.54) is 22.3 Å². The minimum Gasteiger partial charge on any atom is -0.365 e. The molecule has 3 unspecified atom stereocenters. The largest absolute Gasteiger partial charge is 0.365 e. The lowest BCUT2D eigenvalue weighted by atomic mass is 9.90. The Bertz CT molecular complexity index is 2560. The number of piperazine rings is 1. The van der Waals surface area contributed by atoms with Gasteiger partial charge in [0.15, 0.2) is 11.2 Å². The van der Waals surface area contributed by atoms with Gasteiger partial charge in [0, 0.05) is 86.3 Å². The average Bonchev–Trinajstić information content (AvgIpc) is 4.10. The third-order valence-corrected chi connectivity index (χ3v) is 14.0. The van der Waals surface area contributed by atoms with Gasteiger partial charge in [-0.2, -0.15) is 0 Å². The number of nitrogens with zero attached hydrogens (tertiary/aromatic N) is 7. The second-order valence-corrected chi connectivity index (χ2v) is 18.0. The number of imide groups is 1. The molecule has 5 aliphatic rings. The van der Waals surface area contributed by atoms with E-state index in [1.54, 1.807) is 53.1 Å². The molecule has 326 valence electrons. The van der Waals surface area contributed by atoms with E-state index in [2.05, 4.69) is 25.5 Å². The molecule has 10 rings (SSSR count). The van der Waals surface area contributed by atoms with Gasteiger partial charge in [-0.15, -0.1) is 11.3 Å². The number of anilines is 2. The molecule has 0 spiro atoms. The normalized spacial score (nSPS) is 21.9. The maximum absolute atomic E-state index is 16.0. The van der Waals surface area contributed by atoms with Crippen molar-refractivity contribution >= 4 is 45.8 Å². The van der Waals surface area contributed by atoms with E-state index in [0.29, 0.717) is 92.6 Å². The molecule has 5 aliphatic heterocycles. The molecule has 2 N–H and O–H groups in total. The Hall–Kier alpha value is -5.91. The summed E-state index contributed by atoms with van der Waals surface area (Å²) in [5, 5.41) is 7.35. The Labute approximate surface area is 365 Å². The second-order valence-electron chi connectivity index (χ2n) is 17.1. The summed E-state index contributed by atoms with van der Waals surface area (Å²) in [6.07, 6.45) is 5.99. The minimum atomic E-state index is -2.95. The lowest BCUT2D eigenvalue weighted by Gasteiger charge is -2.47. The van der Waals surface area contributed by atoms with Gasteiger partial charge in [0.05, 0.1) is 37.1 Å². The monoisotopic (exact) mass is 877 g/mol. The van der Waals surface area contributed by atoms with Gasteiger partial charge in [0.25, 0.3) is 17.7 Å². The Morgan fingerprint density at radius 2 is 1.71 bits per heavy atom. The van der Waals surface area contributed by atoms with Gasteiger partial charge in [0.1, 0.15) is 5.82 Å². The Kier molecular flexibility index (Phi) is 10.9. The number of piperidine rings is 2. The standard InChI is InChI=1S/C46H46F3N9O4S/c47-36-23-31(22-34-35(36)25-58(44(34)62)41(43(61)53-45-50-14-21-63-45)40-37-2-1-15-57(37)27-51-40)29-7-9-32(10-8-29)56-16-13-38(46(48,49)26-56)55-19-17-54(18-20-55)24-28-3-5-30(6-4-28)33-11-12-39(59)52-42(33)60/h3-10,14,21-23,27,33,38,41H,1-2,11-13,15-20,24-26H2,(H,50,53,61)(H,52,59,60). The van der Waals surface area contributed by atoms with Crippen molar-refractivity contribution in [2.45, 2.75) is 75.7 Å². The number of carbonyl (C=O) groups is 4. The Morgan fingerprint density at radius 3 is 2.44 bits per heavy atom. The number of fused-ring (bicyclic) bond motifs is 2. The van der Waals surface area contributed by atoms with Crippen LogP contribution in [0.5, 0.6) is 0 Å². The number of aromatic nitrogens is 3. The van der Waals surface area contributed by atoms with E-state index in [1.807, 2.05) is 33.7 Å². The van der Waals surface area contributed by atoms with E-state index in [0.717, 1.165) is 29.8 Å². The Morgan fingerprint density at radius 1 is 0.921 bits per heavy atom. The van der Waals surface area contributed by atoms with Gasteiger partial charge < -0.3 is 14.4 Å². The maximum atomic E-state index is 16.0. The summed E-state index contributed by atoms with van der Waals surface area (Å²) in [5.41, 5.74) is 5.41. The SMILES string of the molecule is O=C1CCC(c2ccc(CN3CCN(C4CCN(c5ccc(-c6cc(F)c7c(c6)C(=O)N(C(C(=O)Nc6nccs6)c6ncn8c6CCC8)C7)cc5)CC4(F)F)CC3)cc2)C(=O)N1. The third-order valence-electron chi connectivity index (χ3n) is 13.3. The molecule has 0 aliphatic carbocycles. The van der Waals surface area contributed by atoms with E-state index in [-0.39, 0.29) is 35.4 Å². The summed E-state index contributed by atoms with van der Waals surface area (Å²) >= 11 is 1.25. The number of benzene rings is 3. The van der Waals surface area contributed by atoms with E-state index >= 15 is 13.2 Å². The molecule has 2 aromatic heterocycles. The van der Waals surface area contributed by atoms with Crippen LogP contribution in [0.15, 0.2) is 78.6 Å². The van der Waals surface area contributed by atoms with Crippen molar-refractivity contribution in [2.75, 3.05) is 49.5 Å². The molecule has 0 bridgehead atoms. The summed E-state index contributed by atoms with van der Waals surface area (Å²) in [7, 11) is 0. The smallest absolute Gasteiger partial charge is 0.280 e. The number of halogens is 3. The predicted molar refractivity (Wildman–Crippen MR) is 230 cm³/mol. The van der Waals surface area contributed by atoms with E-state index in [9.17, 15) is 19.2 Å².